The summed E-state index contributed by atoms with van der Waals surface area (Å²) in [6.07, 6.45) is 3.56. The second kappa shape index (κ2) is 7.31. The Morgan fingerprint density at radius 3 is 2.46 bits per heavy atom. The summed E-state index contributed by atoms with van der Waals surface area (Å²) in [6, 6.07) is 14.1. The van der Waals surface area contributed by atoms with Crippen molar-refractivity contribution in [1.82, 2.24) is 14.8 Å². The molecule has 136 valence electrons. The van der Waals surface area contributed by atoms with Gasteiger partial charge in [-0.25, -0.2) is 8.42 Å². The van der Waals surface area contributed by atoms with Gasteiger partial charge in [0.1, 0.15) is 0 Å². The molecule has 0 saturated carbocycles. The Bertz CT molecular complexity index is 1040. The molecule has 0 spiro atoms. The van der Waals surface area contributed by atoms with E-state index in [1.54, 1.807) is 18.3 Å². The van der Waals surface area contributed by atoms with Gasteiger partial charge in [0.2, 0.25) is 0 Å². The number of fused-ring (bicyclic) bond motifs is 1. The third kappa shape index (κ3) is 3.63. The number of aryl methyl sites for hydroxylation is 2. The normalized spacial score (nSPS) is 11.6. The van der Waals surface area contributed by atoms with Crippen molar-refractivity contribution >= 4 is 26.8 Å². The maximum Gasteiger partial charge on any atom is 0.268 e. The lowest BCUT2D eigenvalue weighted by Gasteiger charge is -2.09. The molecule has 0 atom stereocenters. The van der Waals surface area contributed by atoms with E-state index < -0.39 is 15.9 Å². The second-order valence-electron chi connectivity index (χ2n) is 6.12. The predicted molar refractivity (Wildman–Crippen MR) is 101 cm³/mol. The Morgan fingerprint density at radius 1 is 1.08 bits per heavy atom. The minimum Gasteiger partial charge on any atom is -0.350 e. The third-order valence-electron chi connectivity index (χ3n) is 4.21. The first kappa shape index (κ1) is 18.2. The highest BCUT2D eigenvalue weighted by Gasteiger charge is 2.18. The molecule has 0 unspecified atom stereocenters. The first-order chi connectivity index (χ1) is 12.4. The van der Waals surface area contributed by atoms with E-state index in [-0.39, 0.29) is 4.90 Å². The highest BCUT2D eigenvalue weighted by atomic mass is 32.2. The molecule has 26 heavy (non-hydrogen) atoms. The zero-order chi connectivity index (χ0) is 18.7. The summed E-state index contributed by atoms with van der Waals surface area (Å²) < 4.78 is 26.6. The monoisotopic (exact) mass is 371 g/mol. The van der Waals surface area contributed by atoms with Gasteiger partial charge >= 0.3 is 0 Å². The zero-order valence-electron chi connectivity index (χ0n) is 14.7. The molecule has 0 aliphatic heterocycles. The quantitative estimate of drug-likeness (QED) is 0.654. The number of aromatic nitrogens is 1. The summed E-state index contributed by atoms with van der Waals surface area (Å²) in [4.78, 5) is 14.7. The summed E-state index contributed by atoms with van der Waals surface area (Å²) >= 11 is 0. The number of amides is 1. The number of carbonyl (C=O) groups excluding carboxylic acids is 1. The molecule has 2 N–H and O–H groups in total. The Labute approximate surface area is 152 Å². The number of rotatable bonds is 6. The lowest BCUT2D eigenvalue weighted by atomic mass is 10.1. The van der Waals surface area contributed by atoms with Crippen molar-refractivity contribution in [2.75, 3.05) is 0 Å². The fourth-order valence-electron chi connectivity index (χ4n) is 2.89. The third-order valence-corrected chi connectivity index (χ3v) is 5.48. The molecular formula is C19H21N3O3S. The van der Waals surface area contributed by atoms with Crippen molar-refractivity contribution < 1.29 is 13.2 Å². The minimum atomic E-state index is -3.83. The molecule has 2 aromatic carbocycles. The number of sulfonamides is 1. The molecular weight excluding hydrogens is 350 g/mol. The molecule has 3 aromatic rings. The Hall–Kier alpha value is -2.64. The molecule has 1 heterocycles. The standard InChI is InChI=1S/C19H21N3O3S/c1-3-6-14-9-11-15(12-10-14)26(24,25)21-20-19(23)17-13-22(2)18-8-5-4-7-16(17)18/h4-5,7-13,21H,3,6H2,1-2H3,(H,20,23). The molecule has 7 heteroatoms. The van der Waals surface area contributed by atoms with Gasteiger partial charge in [0.05, 0.1) is 10.5 Å². The number of nitrogens with zero attached hydrogens (tertiary/aromatic N) is 1. The molecule has 1 aromatic heterocycles. The number of carbonyl (C=O) groups is 1. The van der Waals surface area contributed by atoms with Crippen LogP contribution in [0.3, 0.4) is 0 Å². The molecule has 0 bridgehead atoms. The molecule has 0 aliphatic rings. The first-order valence-electron chi connectivity index (χ1n) is 8.37. The van der Waals surface area contributed by atoms with Crippen molar-refractivity contribution in [3.8, 4) is 0 Å². The Kier molecular flexibility index (Phi) is 5.11. The fraction of sp³-hybridized carbons (Fsp3) is 0.211. The second-order valence-corrected chi connectivity index (χ2v) is 7.81. The molecule has 0 aliphatic carbocycles. The first-order valence-corrected chi connectivity index (χ1v) is 9.86. The smallest absolute Gasteiger partial charge is 0.268 e. The van der Waals surface area contributed by atoms with Gasteiger partial charge in [0.25, 0.3) is 15.9 Å². The van der Waals surface area contributed by atoms with Gasteiger partial charge in [0, 0.05) is 24.1 Å². The van der Waals surface area contributed by atoms with Crippen LogP contribution in [0.4, 0.5) is 0 Å². The van der Waals surface area contributed by atoms with Gasteiger partial charge in [-0.05, 0) is 30.2 Å². The van der Waals surface area contributed by atoms with E-state index in [1.165, 1.54) is 12.1 Å². The summed E-state index contributed by atoms with van der Waals surface area (Å²) in [6.45, 7) is 2.06. The predicted octanol–water partition coefficient (Wildman–Crippen LogP) is 2.75. The summed E-state index contributed by atoms with van der Waals surface area (Å²) in [5.41, 5.74) is 4.67. The van der Waals surface area contributed by atoms with Crippen molar-refractivity contribution in [3.05, 3.63) is 65.9 Å². The van der Waals surface area contributed by atoms with Gasteiger partial charge in [0.15, 0.2) is 0 Å². The van der Waals surface area contributed by atoms with E-state index >= 15 is 0 Å². The van der Waals surface area contributed by atoms with Gasteiger partial charge in [-0.1, -0.05) is 43.7 Å². The van der Waals surface area contributed by atoms with Crippen molar-refractivity contribution in [3.63, 3.8) is 0 Å². The molecule has 0 radical (unpaired) electrons. The maximum atomic E-state index is 12.4. The maximum absolute atomic E-state index is 12.4. The van der Waals surface area contributed by atoms with Crippen LogP contribution in [0.2, 0.25) is 0 Å². The number of nitrogens with one attached hydrogen (secondary N) is 2. The van der Waals surface area contributed by atoms with E-state index in [0.717, 1.165) is 29.3 Å². The molecule has 3 rings (SSSR count). The van der Waals surface area contributed by atoms with Crippen LogP contribution in [-0.4, -0.2) is 18.9 Å². The highest BCUT2D eigenvalue weighted by molar-refractivity contribution is 7.89. The van der Waals surface area contributed by atoms with Crippen molar-refractivity contribution in [2.45, 2.75) is 24.7 Å². The van der Waals surface area contributed by atoms with E-state index in [4.69, 9.17) is 0 Å². The van der Waals surface area contributed by atoms with Crippen LogP contribution in [0.25, 0.3) is 10.9 Å². The number of para-hydroxylation sites is 1. The topological polar surface area (TPSA) is 80.2 Å². The van der Waals surface area contributed by atoms with E-state index in [9.17, 15) is 13.2 Å². The Morgan fingerprint density at radius 2 is 1.77 bits per heavy atom. The number of hydrogen-bond acceptors (Lipinski definition) is 3. The van der Waals surface area contributed by atoms with Crippen LogP contribution >= 0.6 is 0 Å². The SMILES string of the molecule is CCCc1ccc(S(=O)(=O)NNC(=O)c2cn(C)c3ccccc23)cc1. The number of benzene rings is 2. The van der Waals surface area contributed by atoms with Crippen LogP contribution in [0.15, 0.2) is 59.6 Å². The van der Waals surface area contributed by atoms with Crippen LogP contribution in [-0.2, 0) is 23.5 Å². The van der Waals surface area contributed by atoms with Gasteiger partial charge in [-0.3, -0.25) is 10.2 Å². The minimum absolute atomic E-state index is 0.107. The summed E-state index contributed by atoms with van der Waals surface area (Å²) in [5, 5.41) is 0.760. The van der Waals surface area contributed by atoms with Crippen molar-refractivity contribution in [2.24, 2.45) is 7.05 Å². The highest BCUT2D eigenvalue weighted by Crippen LogP contribution is 2.20. The molecule has 6 nitrogen and oxygen atoms in total. The zero-order valence-corrected chi connectivity index (χ0v) is 15.5. The average Bonchev–Trinajstić information content (AvgIpc) is 2.98. The van der Waals surface area contributed by atoms with Gasteiger partial charge in [-0.2, -0.15) is 0 Å². The average molecular weight is 371 g/mol. The van der Waals surface area contributed by atoms with Crippen LogP contribution < -0.4 is 10.3 Å². The number of hydrazine groups is 1. The lowest BCUT2D eigenvalue weighted by Crippen LogP contribution is -2.41. The summed E-state index contributed by atoms with van der Waals surface area (Å²) in [5.74, 6) is -0.507. The molecule has 0 saturated heterocycles. The van der Waals surface area contributed by atoms with Crippen molar-refractivity contribution in [1.29, 1.82) is 0 Å². The Balaban J connectivity index is 1.75. The van der Waals surface area contributed by atoms with Gasteiger partial charge < -0.3 is 4.57 Å². The summed E-state index contributed by atoms with van der Waals surface area (Å²) in [7, 11) is -2.00. The van der Waals surface area contributed by atoms with Crippen LogP contribution in [0.1, 0.15) is 29.3 Å². The molecule has 0 fully saturated rings. The van der Waals surface area contributed by atoms with E-state index in [2.05, 4.69) is 17.2 Å². The lowest BCUT2D eigenvalue weighted by molar-refractivity contribution is 0.0946. The van der Waals surface area contributed by atoms with E-state index in [0.29, 0.717) is 5.56 Å². The fourth-order valence-corrected chi connectivity index (χ4v) is 3.73. The number of hydrogen-bond donors (Lipinski definition) is 2. The molecule has 1 amide bonds. The van der Waals surface area contributed by atoms with Crippen LogP contribution in [0, 0.1) is 0 Å². The van der Waals surface area contributed by atoms with E-state index in [1.807, 2.05) is 35.9 Å². The van der Waals surface area contributed by atoms with Crippen LogP contribution in [0.5, 0.6) is 0 Å². The largest absolute Gasteiger partial charge is 0.350 e. The van der Waals surface area contributed by atoms with Gasteiger partial charge in [-0.15, -0.1) is 4.83 Å².